The van der Waals surface area contributed by atoms with Crippen LogP contribution in [-0.4, -0.2) is 22.7 Å². The molecule has 1 heterocycles. The van der Waals surface area contributed by atoms with Gasteiger partial charge >= 0.3 is 5.97 Å². The summed E-state index contributed by atoms with van der Waals surface area (Å²) in [6, 6.07) is 0. The zero-order chi connectivity index (χ0) is 9.84. The highest BCUT2D eigenvalue weighted by Gasteiger charge is 2.15. The van der Waals surface area contributed by atoms with Crippen molar-refractivity contribution in [2.45, 2.75) is 20.5 Å². The van der Waals surface area contributed by atoms with E-state index in [1.165, 1.54) is 11.3 Å². The molecule has 1 rings (SSSR count). The van der Waals surface area contributed by atoms with Gasteiger partial charge in [0, 0.05) is 4.88 Å². The van der Waals surface area contributed by atoms with Crippen molar-refractivity contribution in [3.05, 3.63) is 15.6 Å². The SMILES string of the molecule is CCOC(=O)c1nc(CO)sc1C. The summed E-state index contributed by atoms with van der Waals surface area (Å²) in [4.78, 5) is 16.0. The second-order valence-electron chi connectivity index (χ2n) is 2.39. The Hall–Kier alpha value is -0.940. The van der Waals surface area contributed by atoms with E-state index in [1.54, 1.807) is 13.8 Å². The van der Waals surface area contributed by atoms with Gasteiger partial charge in [-0.15, -0.1) is 11.3 Å². The summed E-state index contributed by atoms with van der Waals surface area (Å²) in [5.41, 5.74) is 0.316. The van der Waals surface area contributed by atoms with E-state index in [-0.39, 0.29) is 6.61 Å². The summed E-state index contributed by atoms with van der Waals surface area (Å²) in [6.45, 7) is 3.73. The Bertz CT molecular complexity index is 308. The molecule has 1 aromatic rings. The van der Waals surface area contributed by atoms with Gasteiger partial charge < -0.3 is 9.84 Å². The maximum Gasteiger partial charge on any atom is 0.358 e. The monoisotopic (exact) mass is 201 g/mol. The molecule has 0 bridgehead atoms. The van der Waals surface area contributed by atoms with Crippen LogP contribution in [0.25, 0.3) is 0 Å². The summed E-state index contributed by atoms with van der Waals surface area (Å²) in [5.74, 6) is -0.420. The predicted molar refractivity (Wildman–Crippen MR) is 48.7 cm³/mol. The Morgan fingerprint density at radius 2 is 2.38 bits per heavy atom. The van der Waals surface area contributed by atoms with E-state index >= 15 is 0 Å². The van der Waals surface area contributed by atoms with Crippen molar-refractivity contribution in [2.24, 2.45) is 0 Å². The molecule has 0 radical (unpaired) electrons. The Morgan fingerprint density at radius 3 is 2.85 bits per heavy atom. The first-order valence-corrected chi connectivity index (χ1v) is 4.75. The van der Waals surface area contributed by atoms with Gasteiger partial charge in [0.15, 0.2) is 5.69 Å². The first-order chi connectivity index (χ1) is 6.19. The number of aryl methyl sites for hydroxylation is 1. The summed E-state index contributed by atoms with van der Waals surface area (Å²) in [7, 11) is 0. The van der Waals surface area contributed by atoms with E-state index in [1.807, 2.05) is 0 Å². The highest BCUT2D eigenvalue weighted by molar-refractivity contribution is 7.11. The molecule has 0 amide bonds. The van der Waals surface area contributed by atoms with Gasteiger partial charge in [0.2, 0.25) is 0 Å². The Labute approximate surface area is 80.2 Å². The first-order valence-electron chi connectivity index (χ1n) is 3.93. The molecule has 0 saturated carbocycles. The molecule has 0 fully saturated rings. The standard InChI is InChI=1S/C8H11NO3S/c1-3-12-8(11)7-5(2)13-6(4-10)9-7/h10H,3-4H2,1-2H3. The molecule has 72 valence electrons. The van der Waals surface area contributed by atoms with Crippen LogP contribution in [0.15, 0.2) is 0 Å². The van der Waals surface area contributed by atoms with Crippen molar-refractivity contribution in [3.63, 3.8) is 0 Å². The van der Waals surface area contributed by atoms with Crippen LogP contribution in [0.5, 0.6) is 0 Å². The molecule has 0 spiro atoms. The van der Waals surface area contributed by atoms with E-state index in [0.717, 1.165) is 4.88 Å². The largest absolute Gasteiger partial charge is 0.461 e. The van der Waals surface area contributed by atoms with Crippen LogP contribution >= 0.6 is 11.3 Å². The number of esters is 1. The van der Waals surface area contributed by atoms with E-state index in [9.17, 15) is 4.79 Å². The number of nitrogens with zero attached hydrogens (tertiary/aromatic N) is 1. The maximum atomic E-state index is 11.2. The van der Waals surface area contributed by atoms with Gasteiger partial charge in [-0.1, -0.05) is 0 Å². The van der Waals surface area contributed by atoms with Gasteiger partial charge in [0.1, 0.15) is 5.01 Å². The van der Waals surface area contributed by atoms with Crippen molar-refractivity contribution in [1.82, 2.24) is 4.98 Å². The fraction of sp³-hybridized carbons (Fsp3) is 0.500. The molecule has 0 aromatic carbocycles. The molecule has 0 atom stereocenters. The van der Waals surface area contributed by atoms with Crippen LogP contribution < -0.4 is 0 Å². The molecule has 1 aromatic heterocycles. The molecule has 0 aliphatic heterocycles. The first kappa shape index (κ1) is 10.1. The molecular weight excluding hydrogens is 190 g/mol. The van der Waals surface area contributed by atoms with Gasteiger partial charge in [0.25, 0.3) is 0 Å². The smallest absolute Gasteiger partial charge is 0.358 e. The number of carbonyl (C=O) groups excluding carboxylic acids is 1. The zero-order valence-corrected chi connectivity index (χ0v) is 8.35. The Morgan fingerprint density at radius 1 is 1.69 bits per heavy atom. The summed E-state index contributed by atoms with van der Waals surface area (Å²) in [5, 5.41) is 9.33. The predicted octanol–water partition coefficient (Wildman–Crippen LogP) is 1.12. The van der Waals surface area contributed by atoms with Crippen LogP contribution in [0.1, 0.15) is 27.3 Å². The topological polar surface area (TPSA) is 59.4 Å². The van der Waals surface area contributed by atoms with Crippen molar-refractivity contribution < 1.29 is 14.6 Å². The lowest BCUT2D eigenvalue weighted by Gasteiger charge is -1.97. The molecule has 1 N–H and O–H groups in total. The molecule has 4 nitrogen and oxygen atoms in total. The molecule has 5 heteroatoms. The fourth-order valence-corrected chi connectivity index (χ4v) is 1.69. The second-order valence-corrected chi connectivity index (χ2v) is 3.68. The number of hydrogen-bond donors (Lipinski definition) is 1. The van der Waals surface area contributed by atoms with Crippen LogP contribution in [0.3, 0.4) is 0 Å². The average molecular weight is 201 g/mol. The number of aliphatic hydroxyl groups excluding tert-OH is 1. The van der Waals surface area contributed by atoms with Gasteiger partial charge in [0.05, 0.1) is 13.2 Å². The minimum absolute atomic E-state index is 0.134. The highest BCUT2D eigenvalue weighted by atomic mass is 32.1. The molecular formula is C8H11NO3S. The minimum Gasteiger partial charge on any atom is -0.461 e. The Balaban J connectivity index is 2.87. The quantitative estimate of drug-likeness (QED) is 0.744. The molecule has 0 saturated heterocycles. The highest BCUT2D eigenvalue weighted by Crippen LogP contribution is 2.17. The van der Waals surface area contributed by atoms with Crippen molar-refractivity contribution in [1.29, 1.82) is 0 Å². The van der Waals surface area contributed by atoms with E-state index in [2.05, 4.69) is 4.98 Å². The number of ether oxygens (including phenoxy) is 1. The number of rotatable bonds is 3. The lowest BCUT2D eigenvalue weighted by molar-refractivity contribution is 0.0519. The van der Waals surface area contributed by atoms with Crippen molar-refractivity contribution >= 4 is 17.3 Å². The van der Waals surface area contributed by atoms with Gasteiger partial charge in [-0.2, -0.15) is 0 Å². The summed E-state index contributed by atoms with van der Waals surface area (Å²) >= 11 is 1.31. The molecule has 0 aliphatic carbocycles. The average Bonchev–Trinajstić information content (AvgIpc) is 2.47. The maximum absolute atomic E-state index is 11.2. The van der Waals surface area contributed by atoms with Crippen molar-refractivity contribution in [2.75, 3.05) is 6.61 Å². The third-order valence-corrected chi connectivity index (χ3v) is 2.40. The lowest BCUT2D eigenvalue weighted by Crippen LogP contribution is -2.06. The summed E-state index contributed by atoms with van der Waals surface area (Å²) < 4.78 is 4.79. The van der Waals surface area contributed by atoms with Crippen LogP contribution in [0, 0.1) is 6.92 Å². The minimum atomic E-state index is -0.420. The van der Waals surface area contributed by atoms with Gasteiger partial charge in [-0.05, 0) is 13.8 Å². The summed E-state index contributed by atoms with van der Waals surface area (Å²) in [6.07, 6.45) is 0. The van der Waals surface area contributed by atoms with E-state index < -0.39 is 5.97 Å². The number of thiazole rings is 1. The molecule has 0 aliphatic rings. The van der Waals surface area contributed by atoms with Gasteiger partial charge in [-0.3, -0.25) is 0 Å². The number of carbonyl (C=O) groups is 1. The number of aliphatic hydroxyl groups is 1. The van der Waals surface area contributed by atoms with Crippen LogP contribution in [0.2, 0.25) is 0 Å². The van der Waals surface area contributed by atoms with Gasteiger partial charge in [-0.25, -0.2) is 9.78 Å². The van der Waals surface area contributed by atoms with E-state index in [4.69, 9.17) is 9.84 Å². The second kappa shape index (κ2) is 4.34. The van der Waals surface area contributed by atoms with Crippen LogP contribution in [0.4, 0.5) is 0 Å². The Kier molecular flexibility index (Phi) is 3.39. The number of aromatic nitrogens is 1. The molecule has 0 unspecified atom stereocenters. The van der Waals surface area contributed by atoms with Crippen LogP contribution in [-0.2, 0) is 11.3 Å². The third-order valence-electron chi connectivity index (χ3n) is 1.44. The normalized spacial score (nSPS) is 10.1. The number of hydrogen-bond acceptors (Lipinski definition) is 5. The van der Waals surface area contributed by atoms with Crippen molar-refractivity contribution in [3.8, 4) is 0 Å². The third kappa shape index (κ3) is 2.26. The molecule has 13 heavy (non-hydrogen) atoms. The zero-order valence-electron chi connectivity index (χ0n) is 7.53. The fourth-order valence-electron chi connectivity index (χ4n) is 0.908. The van der Waals surface area contributed by atoms with E-state index in [0.29, 0.717) is 17.3 Å². The lowest BCUT2D eigenvalue weighted by atomic mass is 10.4.